The zero-order valence-electron chi connectivity index (χ0n) is 15.4. The van der Waals surface area contributed by atoms with Gasteiger partial charge >= 0.3 is 0 Å². The van der Waals surface area contributed by atoms with Gasteiger partial charge in [0.2, 0.25) is 0 Å². The van der Waals surface area contributed by atoms with Gasteiger partial charge in [0.1, 0.15) is 5.82 Å². The number of anilines is 1. The Morgan fingerprint density at radius 3 is 2.68 bits per heavy atom. The van der Waals surface area contributed by atoms with Gasteiger partial charge in [-0.25, -0.2) is 4.68 Å². The number of carbonyl (C=O) groups excluding carboxylic acids is 1. The molecule has 3 aromatic rings. The number of hydrogen-bond donors (Lipinski definition) is 1. The summed E-state index contributed by atoms with van der Waals surface area (Å²) < 4.78 is 13.5. The molecule has 0 aliphatic heterocycles. The lowest BCUT2D eigenvalue weighted by Crippen LogP contribution is -2.16. The van der Waals surface area contributed by atoms with Gasteiger partial charge in [-0.2, -0.15) is 5.10 Å². The molecule has 0 unspecified atom stereocenters. The number of nitrogens with zero attached hydrogens (tertiary/aromatic N) is 2. The molecule has 2 aromatic carbocycles. The van der Waals surface area contributed by atoms with E-state index in [1.54, 1.807) is 29.1 Å². The van der Waals surface area contributed by atoms with E-state index >= 15 is 0 Å². The van der Waals surface area contributed by atoms with Crippen LogP contribution in [0.2, 0.25) is 5.02 Å². The summed E-state index contributed by atoms with van der Waals surface area (Å²) >= 11 is 9.68. The number of aromatic nitrogens is 2. The van der Waals surface area contributed by atoms with Gasteiger partial charge < -0.3 is 14.8 Å². The third-order valence-electron chi connectivity index (χ3n) is 3.98. The molecule has 0 saturated carbocycles. The van der Waals surface area contributed by atoms with E-state index in [1.807, 2.05) is 31.2 Å². The zero-order chi connectivity index (χ0) is 20.1. The number of ether oxygens (including phenoxy) is 2. The van der Waals surface area contributed by atoms with Gasteiger partial charge in [0, 0.05) is 16.1 Å². The molecule has 146 valence electrons. The average molecular weight is 465 g/mol. The fraction of sp³-hybridized carbons (Fsp3) is 0.200. The van der Waals surface area contributed by atoms with Crippen LogP contribution in [0.25, 0.3) is 0 Å². The number of carbonyl (C=O) groups is 1. The molecule has 1 heterocycles. The lowest BCUT2D eigenvalue weighted by Gasteiger charge is -2.14. The Kier molecular flexibility index (Phi) is 6.59. The zero-order valence-corrected chi connectivity index (χ0v) is 17.8. The average Bonchev–Trinajstić information content (AvgIpc) is 3.11. The van der Waals surface area contributed by atoms with E-state index in [0.717, 1.165) is 10.0 Å². The van der Waals surface area contributed by atoms with Crippen LogP contribution in [-0.4, -0.2) is 29.4 Å². The highest BCUT2D eigenvalue weighted by Crippen LogP contribution is 2.36. The van der Waals surface area contributed by atoms with Crippen molar-refractivity contribution in [3.63, 3.8) is 0 Å². The SMILES string of the molecule is CCOc1c(Cl)cc(C(=O)Nc2ccnn2Cc2ccc(Br)cc2)cc1OC. The van der Waals surface area contributed by atoms with Crippen LogP contribution in [0.5, 0.6) is 11.5 Å². The van der Waals surface area contributed by atoms with Crippen LogP contribution in [0.4, 0.5) is 5.82 Å². The van der Waals surface area contributed by atoms with Crippen molar-refractivity contribution >= 4 is 39.3 Å². The van der Waals surface area contributed by atoms with E-state index < -0.39 is 0 Å². The minimum atomic E-state index is -0.319. The van der Waals surface area contributed by atoms with Crippen molar-refractivity contribution < 1.29 is 14.3 Å². The van der Waals surface area contributed by atoms with Crippen LogP contribution in [0.1, 0.15) is 22.8 Å². The Labute approximate surface area is 176 Å². The standard InChI is InChI=1S/C20H19BrClN3O3/c1-3-28-19-16(22)10-14(11-17(19)27-2)20(26)24-18-8-9-23-25(18)12-13-4-6-15(21)7-5-13/h4-11H,3,12H2,1-2H3,(H,24,26). The van der Waals surface area contributed by atoms with E-state index in [0.29, 0.717) is 41.1 Å². The lowest BCUT2D eigenvalue weighted by molar-refractivity contribution is 0.102. The molecule has 0 bridgehead atoms. The van der Waals surface area contributed by atoms with Gasteiger partial charge in [0.15, 0.2) is 11.5 Å². The summed E-state index contributed by atoms with van der Waals surface area (Å²) in [6.45, 7) is 2.82. The maximum absolute atomic E-state index is 12.7. The molecule has 6 nitrogen and oxygen atoms in total. The number of nitrogens with one attached hydrogen (secondary N) is 1. The Morgan fingerprint density at radius 1 is 1.25 bits per heavy atom. The number of rotatable bonds is 7. The van der Waals surface area contributed by atoms with Gasteiger partial charge in [0.05, 0.1) is 31.5 Å². The molecular weight excluding hydrogens is 446 g/mol. The molecule has 1 N–H and O–H groups in total. The third-order valence-corrected chi connectivity index (χ3v) is 4.79. The van der Waals surface area contributed by atoms with Crippen molar-refractivity contribution in [1.29, 1.82) is 0 Å². The number of methoxy groups -OCH3 is 1. The maximum atomic E-state index is 12.7. The van der Waals surface area contributed by atoms with Crippen LogP contribution >= 0.6 is 27.5 Å². The molecule has 1 amide bonds. The van der Waals surface area contributed by atoms with E-state index in [2.05, 4.69) is 26.3 Å². The van der Waals surface area contributed by atoms with E-state index in [1.165, 1.54) is 7.11 Å². The first-order valence-electron chi connectivity index (χ1n) is 8.59. The van der Waals surface area contributed by atoms with Gasteiger partial charge in [-0.3, -0.25) is 4.79 Å². The number of hydrogen-bond acceptors (Lipinski definition) is 4. The molecule has 0 aliphatic carbocycles. The Morgan fingerprint density at radius 2 is 2.00 bits per heavy atom. The summed E-state index contributed by atoms with van der Waals surface area (Å²) in [6.07, 6.45) is 1.64. The molecule has 0 atom stereocenters. The fourth-order valence-electron chi connectivity index (χ4n) is 2.65. The quantitative estimate of drug-likeness (QED) is 0.534. The van der Waals surface area contributed by atoms with Crippen molar-refractivity contribution in [1.82, 2.24) is 9.78 Å². The molecule has 1 aromatic heterocycles. The van der Waals surface area contributed by atoms with Crippen molar-refractivity contribution in [2.75, 3.05) is 19.0 Å². The summed E-state index contributed by atoms with van der Waals surface area (Å²) in [5.41, 5.74) is 1.43. The molecule has 0 saturated heterocycles. The Hall–Kier alpha value is -2.51. The Bertz CT molecular complexity index is 973. The molecule has 0 aliphatic rings. The first kappa shape index (κ1) is 20.2. The minimum absolute atomic E-state index is 0.315. The first-order valence-corrected chi connectivity index (χ1v) is 9.76. The van der Waals surface area contributed by atoms with E-state index in [9.17, 15) is 4.79 Å². The van der Waals surface area contributed by atoms with Crippen LogP contribution in [0.15, 0.2) is 53.1 Å². The topological polar surface area (TPSA) is 65.4 Å². The maximum Gasteiger partial charge on any atom is 0.257 e. The second-order valence-corrected chi connectivity index (χ2v) is 7.20. The summed E-state index contributed by atoms with van der Waals surface area (Å²) in [6, 6.07) is 12.8. The van der Waals surface area contributed by atoms with Gasteiger partial charge in [-0.15, -0.1) is 0 Å². The molecule has 0 radical (unpaired) electrons. The lowest BCUT2D eigenvalue weighted by atomic mass is 10.2. The largest absolute Gasteiger partial charge is 0.493 e. The number of benzene rings is 2. The summed E-state index contributed by atoms with van der Waals surface area (Å²) in [5, 5.41) is 7.47. The molecule has 8 heteroatoms. The number of halogens is 2. The van der Waals surface area contributed by atoms with Crippen LogP contribution in [0, 0.1) is 0 Å². The fourth-order valence-corrected chi connectivity index (χ4v) is 3.18. The highest BCUT2D eigenvalue weighted by molar-refractivity contribution is 9.10. The van der Waals surface area contributed by atoms with Gasteiger partial charge in [-0.05, 0) is 36.8 Å². The second-order valence-electron chi connectivity index (χ2n) is 5.88. The third kappa shape index (κ3) is 4.66. The highest BCUT2D eigenvalue weighted by Gasteiger charge is 2.17. The Balaban J connectivity index is 1.79. The van der Waals surface area contributed by atoms with Crippen molar-refractivity contribution in [2.45, 2.75) is 13.5 Å². The van der Waals surface area contributed by atoms with Crippen LogP contribution < -0.4 is 14.8 Å². The van der Waals surface area contributed by atoms with Gasteiger partial charge in [-0.1, -0.05) is 39.7 Å². The molecule has 28 heavy (non-hydrogen) atoms. The van der Waals surface area contributed by atoms with Gasteiger partial charge in [0.25, 0.3) is 5.91 Å². The second kappa shape index (κ2) is 9.12. The summed E-state index contributed by atoms with van der Waals surface area (Å²) in [4.78, 5) is 12.7. The molecule has 0 fully saturated rings. The van der Waals surface area contributed by atoms with Crippen molar-refractivity contribution in [3.05, 3.63) is 69.3 Å². The van der Waals surface area contributed by atoms with Crippen LogP contribution in [-0.2, 0) is 6.54 Å². The number of amides is 1. The monoisotopic (exact) mass is 463 g/mol. The van der Waals surface area contributed by atoms with Crippen LogP contribution in [0.3, 0.4) is 0 Å². The molecule has 0 spiro atoms. The summed E-state index contributed by atoms with van der Waals surface area (Å²) in [5.74, 6) is 1.09. The predicted molar refractivity (Wildman–Crippen MR) is 113 cm³/mol. The van der Waals surface area contributed by atoms with Crippen molar-refractivity contribution in [2.24, 2.45) is 0 Å². The van der Waals surface area contributed by atoms with Crippen molar-refractivity contribution in [3.8, 4) is 11.5 Å². The first-order chi connectivity index (χ1) is 13.5. The minimum Gasteiger partial charge on any atom is -0.493 e. The highest BCUT2D eigenvalue weighted by atomic mass is 79.9. The molecule has 3 rings (SSSR count). The summed E-state index contributed by atoms with van der Waals surface area (Å²) in [7, 11) is 1.50. The smallest absolute Gasteiger partial charge is 0.257 e. The normalized spacial score (nSPS) is 10.6. The van der Waals surface area contributed by atoms with E-state index in [-0.39, 0.29) is 5.91 Å². The molecular formula is C20H19BrClN3O3. The predicted octanol–water partition coefficient (Wildman–Crippen LogP) is 5.01. The van der Waals surface area contributed by atoms with E-state index in [4.69, 9.17) is 21.1 Å².